The first kappa shape index (κ1) is 13.9. The summed E-state index contributed by atoms with van der Waals surface area (Å²) in [7, 11) is 0. The van der Waals surface area contributed by atoms with Crippen LogP contribution in [0.1, 0.15) is 49.3 Å². The molecule has 1 atom stereocenters. The quantitative estimate of drug-likeness (QED) is 0.855. The third-order valence-corrected chi connectivity index (χ3v) is 4.92. The highest BCUT2D eigenvalue weighted by molar-refractivity contribution is 5.31. The van der Waals surface area contributed by atoms with E-state index in [4.69, 9.17) is 0 Å². The second kappa shape index (κ2) is 4.72. The van der Waals surface area contributed by atoms with E-state index in [1.165, 1.54) is 0 Å². The lowest BCUT2D eigenvalue weighted by molar-refractivity contribution is -0.194. The van der Waals surface area contributed by atoms with Gasteiger partial charge in [-0.25, -0.2) is 0 Å². The van der Waals surface area contributed by atoms with Crippen LogP contribution in [0.2, 0.25) is 0 Å². The zero-order chi connectivity index (χ0) is 14.4. The summed E-state index contributed by atoms with van der Waals surface area (Å²) >= 11 is 0. The first-order chi connectivity index (χ1) is 9.40. The van der Waals surface area contributed by atoms with Crippen molar-refractivity contribution < 1.29 is 18.3 Å². The molecule has 20 heavy (non-hydrogen) atoms. The van der Waals surface area contributed by atoms with Gasteiger partial charge in [0, 0.05) is 17.8 Å². The monoisotopic (exact) mass is 285 g/mol. The summed E-state index contributed by atoms with van der Waals surface area (Å²) in [6, 6.07) is 3.86. The van der Waals surface area contributed by atoms with E-state index in [-0.39, 0.29) is 31.6 Å². The highest BCUT2D eigenvalue weighted by Gasteiger charge is 2.49. The van der Waals surface area contributed by atoms with Gasteiger partial charge in [0.05, 0.1) is 11.5 Å². The second-order valence-corrected chi connectivity index (χ2v) is 6.06. The predicted octanol–water partition coefficient (Wildman–Crippen LogP) is 3.60. The maximum Gasteiger partial charge on any atom is 0.391 e. The largest absolute Gasteiger partial charge is 0.391 e. The number of pyridine rings is 1. The van der Waals surface area contributed by atoms with Crippen LogP contribution in [0.3, 0.4) is 0 Å². The molecule has 0 aromatic carbocycles. The normalized spacial score (nSPS) is 34.0. The summed E-state index contributed by atoms with van der Waals surface area (Å²) in [6.07, 6.45) is -0.291. The fourth-order valence-corrected chi connectivity index (χ4v) is 3.73. The van der Waals surface area contributed by atoms with Crippen LogP contribution < -0.4 is 0 Å². The Hall–Kier alpha value is -1.10. The van der Waals surface area contributed by atoms with Gasteiger partial charge >= 0.3 is 6.18 Å². The Bertz CT molecular complexity index is 492. The maximum atomic E-state index is 12.7. The molecule has 0 aliphatic heterocycles. The molecule has 0 radical (unpaired) electrons. The molecule has 1 saturated carbocycles. The fraction of sp³-hybridized carbons (Fsp3) is 0.667. The van der Waals surface area contributed by atoms with Crippen molar-refractivity contribution >= 4 is 0 Å². The number of aryl methyl sites for hydroxylation is 1. The number of aromatic nitrogens is 1. The van der Waals surface area contributed by atoms with Gasteiger partial charge in [-0.3, -0.25) is 4.98 Å². The molecular formula is C15H18F3NO. The summed E-state index contributed by atoms with van der Waals surface area (Å²) in [5.41, 5.74) is 1.01. The van der Waals surface area contributed by atoms with E-state index in [2.05, 4.69) is 4.98 Å². The summed E-state index contributed by atoms with van der Waals surface area (Å²) in [4.78, 5) is 4.35. The maximum absolute atomic E-state index is 12.7. The van der Waals surface area contributed by atoms with Gasteiger partial charge in [-0.15, -0.1) is 0 Å². The molecule has 0 saturated heterocycles. The minimum Gasteiger partial charge on any atom is -0.389 e. The van der Waals surface area contributed by atoms with Crippen molar-refractivity contribution in [3.63, 3.8) is 0 Å². The molecule has 1 N–H and O–H groups in total. The zero-order valence-corrected chi connectivity index (χ0v) is 11.2. The van der Waals surface area contributed by atoms with E-state index >= 15 is 0 Å². The Morgan fingerprint density at radius 3 is 2.55 bits per heavy atom. The molecule has 2 aliphatic rings. The SMILES string of the molecule is OC1(C2CCc3cccnc32)CCC(C(F)(F)F)CC1. The van der Waals surface area contributed by atoms with E-state index < -0.39 is 17.7 Å². The van der Waals surface area contributed by atoms with E-state index in [0.29, 0.717) is 0 Å². The van der Waals surface area contributed by atoms with Crippen LogP contribution in [0.25, 0.3) is 0 Å². The molecule has 110 valence electrons. The number of aliphatic hydroxyl groups is 1. The van der Waals surface area contributed by atoms with Crippen LogP contribution in [0.5, 0.6) is 0 Å². The Morgan fingerprint density at radius 1 is 1.20 bits per heavy atom. The highest BCUT2D eigenvalue weighted by atomic mass is 19.4. The van der Waals surface area contributed by atoms with Gasteiger partial charge in [-0.05, 0) is 50.2 Å². The van der Waals surface area contributed by atoms with Crippen LogP contribution in [-0.4, -0.2) is 21.9 Å². The average Bonchev–Trinajstić information content (AvgIpc) is 2.82. The molecule has 0 spiro atoms. The van der Waals surface area contributed by atoms with Crippen LogP contribution in [-0.2, 0) is 6.42 Å². The van der Waals surface area contributed by atoms with Crippen LogP contribution in [0.4, 0.5) is 13.2 Å². The molecular weight excluding hydrogens is 267 g/mol. The number of nitrogens with zero attached hydrogens (tertiary/aromatic N) is 1. The number of hydrogen-bond acceptors (Lipinski definition) is 2. The molecule has 0 amide bonds. The molecule has 1 unspecified atom stereocenters. The van der Waals surface area contributed by atoms with Gasteiger partial charge in [0.15, 0.2) is 0 Å². The van der Waals surface area contributed by atoms with Crippen LogP contribution in [0, 0.1) is 5.92 Å². The lowest BCUT2D eigenvalue weighted by Crippen LogP contribution is -2.42. The lowest BCUT2D eigenvalue weighted by Gasteiger charge is -2.40. The Kier molecular flexibility index (Phi) is 3.27. The van der Waals surface area contributed by atoms with Crippen LogP contribution in [0.15, 0.2) is 18.3 Å². The predicted molar refractivity (Wildman–Crippen MR) is 68.3 cm³/mol. The average molecular weight is 285 g/mol. The lowest BCUT2D eigenvalue weighted by atomic mass is 9.71. The molecule has 3 rings (SSSR count). The van der Waals surface area contributed by atoms with Gasteiger partial charge in [-0.1, -0.05) is 6.07 Å². The van der Waals surface area contributed by atoms with Crippen molar-refractivity contribution in [2.24, 2.45) is 5.92 Å². The molecule has 5 heteroatoms. The van der Waals surface area contributed by atoms with Gasteiger partial charge < -0.3 is 5.11 Å². The molecule has 2 nitrogen and oxygen atoms in total. The summed E-state index contributed by atoms with van der Waals surface area (Å²) in [6.45, 7) is 0. The van der Waals surface area contributed by atoms with Gasteiger partial charge in [-0.2, -0.15) is 13.2 Å². The van der Waals surface area contributed by atoms with Crippen molar-refractivity contribution in [2.75, 3.05) is 0 Å². The van der Waals surface area contributed by atoms with E-state index in [1.54, 1.807) is 6.20 Å². The third kappa shape index (κ3) is 2.32. The Morgan fingerprint density at radius 2 is 1.90 bits per heavy atom. The number of rotatable bonds is 1. The smallest absolute Gasteiger partial charge is 0.389 e. The molecule has 1 heterocycles. The van der Waals surface area contributed by atoms with Gasteiger partial charge in [0.2, 0.25) is 0 Å². The second-order valence-electron chi connectivity index (χ2n) is 6.06. The molecule has 2 aliphatic carbocycles. The third-order valence-electron chi connectivity index (χ3n) is 4.92. The van der Waals surface area contributed by atoms with Crippen LogP contribution >= 0.6 is 0 Å². The first-order valence-corrected chi connectivity index (χ1v) is 7.13. The van der Waals surface area contributed by atoms with Gasteiger partial charge in [0.1, 0.15) is 0 Å². The van der Waals surface area contributed by atoms with E-state index in [0.717, 1.165) is 24.1 Å². The van der Waals surface area contributed by atoms with Crippen molar-refractivity contribution in [2.45, 2.75) is 56.2 Å². The molecule has 1 aromatic rings. The van der Waals surface area contributed by atoms with Crippen molar-refractivity contribution in [1.29, 1.82) is 0 Å². The number of fused-ring (bicyclic) bond motifs is 1. The Balaban J connectivity index is 1.76. The highest BCUT2D eigenvalue weighted by Crippen LogP contribution is 2.49. The summed E-state index contributed by atoms with van der Waals surface area (Å²) in [5, 5.41) is 10.8. The zero-order valence-electron chi connectivity index (χ0n) is 11.2. The number of halogens is 3. The Labute approximate surface area is 116 Å². The number of alkyl halides is 3. The molecule has 0 bridgehead atoms. The first-order valence-electron chi connectivity index (χ1n) is 7.13. The van der Waals surface area contributed by atoms with Crippen molar-refractivity contribution in [3.8, 4) is 0 Å². The van der Waals surface area contributed by atoms with Crippen molar-refractivity contribution in [1.82, 2.24) is 4.98 Å². The van der Waals surface area contributed by atoms with E-state index in [9.17, 15) is 18.3 Å². The summed E-state index contributed by atoms with van der Waals surface area (Å²) < 4.78 is 38.1. The van der Waals surface area contributed by atoms with E-state index in [1.807, 2.05) is 12.1 Å². The molecule has 1 fully saturated rings. The number of hydrogen-bond donors (Lipinski definition) is 1. The minimum atomic E-state index is -4.13. The standard InChI is InChI=1S/C15H18F3NO/c16-15(17,18)11-5-7-14(20,8-6-11)12-4-3-10-2-1-9-19-13(10)12/h1-2,9,11-12,20H,3-8H2. The van der Waals surface area contributed by atoms with Gasteiger partial charge in [0.25, 0.3) is 0 Å². The summed E-state index contributed by atoms with van der Waals surface area (Å²) in [5.74, 6) is -1.36. The fourth-order valence-electron chi connectivity index (χ4n) is 3.73. The van der Waals surface area contributed by atoms with Crippen molar-refractivity contribution in [3.05, 3.63) is 29.6 Å². The topological polar surface area (TPSA) is 33.1 Å². The minimum absolute atomic E-state index is 0.0265. The molecule has 1 aromatic heterocycles.